The summed E-state index contributed by atoms with van der Waals surface area (Å²) >= 11 is 0. The monoisotopic (exact) mass is 280 g/mol. The van der Waals surface area contributed by atoms with Crippen LogP contribution in [0, 0.1) is 13.8 Å². The molecule has 21 heavy (non-hydrogen) atoms. The van der Waals surface area contributed by atoms with Gasteiger partial charge in [0, 0.05) is 26.2 Å². The van der Waals surface area contributed by atoms with Crippen LogP contribution in [0.25, 0.3) is 0 Å². The van der Waals surface area contributed by atoms with Gasteiger partial charge in [0.05, 0.1) is 6.04 Å². The van der Waals surface area contributed by atoms with E-state index in [-0.39, 0.29) is 0 Å². The Hall–Kier alpha value is -1.64. The lowest BCUT2D eigenvalue weighted by Gasteiger charge is -2.35. The van der Waals surface area contributed by atoms with Gasteiger partial charge in [-0.2, -0.15) is 0 Å². The molecular weight excluding hydrogens is 256 g/mol. The predicted octanol–water partition coefficient (Wildman–Crippen LogP) is 3.30. The van der Waals surface area contributed by atoms with Crippen LogP contribution in [0.5, 0.6) is 0 Å². The average Bonchev–Trinajstić information content (AvgIpc) is 2.52. The Labute approximate surface area is 127 Å². The summed E-state index contributed by atoms with van der Waals surface area (Å²) < 4.78 is 0. The zero-order chi connectivity index (χ0) is 14.7. The minimum absolute atomic E-state index is 0.369. The van der Waals surface area contributed by atoms with Gasteiger partial charge in [-0.1, -0.05) is 59.7 Å². The number of nitrogens with one attached hydrogen (secondary N) is 1. The van der Waals surface area contributed by atoms with Gasteiger partial charge in [0.1, 0.15) is 0 Å². The summed E-state index contributed by atoms with van der Waals surface area (Å²) in [6.45, 7) is 8.66. The maximum Gasteiger partial charge on any atom is 0.0602 e. The van der Waals surface area contributed by atoms with Crippen molar-refractivity contribution in [2.45, 2.75) is 19.9 Å². The smallest absolute Gasteiger partial charge is 0.0602 e. The molecule has 0 radical (unpaired) electrons. The Morgan fingerprint density at radius 1 is 0.762 bits per heavy atom. The van der Waals surface area contributed by atoms with Crippen molar-refractivity contribution in [2.24, 2.45) is 0 Å². The first-order chi connectivity index (χ1) is 10.2. The van der Waals surface area contributed by atoms with Crippen LogP contribution in [-0.4, -0.2) is 31.1 Å². The molecule has 2 nitrogen and oxygen atoms in total. The first-order valence-corrected chi connectivity index (χ1v) is 7.82. The third-order valence-corrected chi connectivity index (χ3v) is 4.30. The van der Waals surface area contributed by atoms with Crippen molar-refractivity contribution in [3.63, 3.8) is 0 Å². The van der Waals surface area contributed by atoms with Crippen LogP contribution in [0.1, 0.15) is 28.3 Å². The van der Waals surface area contributed by atoms with Crippen molar-refractivity contribution in [2.75, 3.05) is 26.2 Å². The normalized spacial score (nSPS) is 16.3. The molecule has 1 aliphatic heterocycles. The van der Waals surface area contributed by atoms with Crippen LogP contribution < -0.4 is 5.32 Å². The second kappa shape index (κ2) is 6.42. The molecule has 0 amide bonds. The molecule has 1 heterocycles. The Balaban J connectivity index is 1.97. The Morgan fingerprint density at radius 2 is 1.19 bits per heavy atom. The van der Waals surface area contributed by atoms with Crippen LogP contribution in [0.2, 0.25) is 0 Å². The van der Waals surface area contributed by atoms with Crippen LogP contribution in [0.4, 0.5) is 0 Å². The van der Waals surface area contributed by atoms with Gasteiger partial charge in [0.2, 0.25) is 0 Å². The van der Waals surface area contributed by atoms with Gasteiger partial charge in [0.25, 0.3) is 0 Å². The molecule has 2 heteroatoms. The lowest BCUT2D eigenvalue weighted by molar-refractivity contribution is 0.198. The lowest BCUT2D eigenvalue weighted by Crippen LogP contribution is -2.45. The third kappa shape index (κ3) is 3.34. The summed E-state index contributed by atoms with van der Waals surface area (Å²) in [6, 6.07) is 18.4. The largest absolute Gasteiger partial charge is 0.314 e. The average molecular weight is 280 g/mol. The fourth-order valence-corrected chi connectivity index (χ4v) is 3.05. The van der Waals surface area contributed by atoms with E-state index in [1.165, 1.54) is 22.3 Å². The SMILES string of the molecule is Cc1ccc(C(c2ccc(C)cc2)N2CCNCC2)cc1. The van der Waals surface area contributed by atoms with Crippen molar-refractivity contribution >= 4 is 0 Å². The highest BCUT2D eigenvalue weighted by Crippen LogP contribution is 2.29. The Kier molecular flexibility index (Phi) is 4.37. The summed E-state index contributed by atoms with van der Waals surface area (Å²) in [7, 11) is 0. The molecule has 3 rings (SSSR count). The van der Waals surface area contributed by atoms with E-state index in [1.807, 2.05) is 0 Å². The molecule has 0 atom stereocenters. The van der Waals surface area contributed by atoms with Crippen molar-refractivity contribution in [3.8, 4) is 0 Å². The molecule has 110 valence electrons. The third-order valence-electron chi connectivity index (χ3n) is 4.30. The second-order valence-corrected chi connectivity index (χ2v) is 6.01. The highest BCUT2D eigenvalue weighted by molar-refractivity contribution is 5.35. The molecular formula is C19H24N2. The van der Waals surface area contributed by atoms with Gasteiger partial charge in [0.15, 0.2) is 0 Å². The van der Waals surface area contributed by atoms with Crippen LogP contribution in [-0.2, 0) is 0 Å². The quantitative estimate of drug-likeness (QED) is 0.928. The van der Waals surface area contributed by atoms with Gasteiger partial charge >= 0.3 is 0 Å². The molecule has 2 aromatic rings. The topological polar surface area (TPSA) is 15.3 Å². The van der Waals surface area contributed by atoms with Crippen molar-refractivity contribution in [1.29, 1.82) is 0 Å². The molecule has 0 aliphatic carbocycles. The molecule has 0 saturated carbocycles. The number of rotatable bonds is 3. The van der Waals surface area contributed by atoms with Gasteiger partial charge in [-0.05, 0) is 25.0 Å². The van der Waals surface area contributed by atoms with Gasteiger partial charge in [-0.15, -0.1) is 0 Å². The lowest BCUT2D eigenvalue weighted by atomic mass is 9.95. The Bertz CT molecular complexity index is 520. The molecule has 0 aromatic heterocycles. The molecule has 1 saturated heterocycles. The second-order valence-electron chi connectivity index (χ2n) is 6.01. The van der Waals surface area contributed by atoms with Crippen LogP contribution in [0.3, 0.4) is 0 Å². The summed E-state index contributed by atoms with van der Waals surface area (Å²) in [6.07, 6.45) is 0. The van der Waals surface area contributed by atoms with Crippen LogP contribution >= 0.6 is 0 Å². The summed E-state index contributed by atoms with van der Waals surface area (Å²) in [4.78, 5) is 2.59. The number of benzene rings is 2. The summed E-state index contributed by atoms with van der Waals surface area (Å²) in [5.41, 5.74) is 5.43. The van der Waals surface area contributed by atoms with Gasteiger partial charge < -0.3 is 5.32 Å². The van der Waals surface area contributed by atoms with Crippen molar-refractivity contribution in [1.82, 2.24) is 10.2 Å². The minimum atomic E-state index is 0.369. The van der Waals surface area contributed by atoms with E-state index in [0.717, 1.165) is 26.2 Å². The van der Waals surface area contributed by atoms with E-state index in [4.69, 9.17) is 0 Å². The molecule has 2 aromatic carbocycles. The fraction of sp³-hybridized carbons (Fsp3) is 0.368. The summed E-state index contributed by atoms with van der Waals surface area (Å²) in [5, 5.41) is 3.45. The first-order valence-electron chi connectivity index (χ1n) is 7.82. The highest BCUT2D eigenvalue weighted by atomic mass is 15.2. The number of aryl methyl sites for hydroxylation is 2. The fourth-order valence-electron chi connectivity index (χ4n) is 3.05. The van der Waals surface area contributed by atoms with Crippen molar-refractivity contribution in [3.05, 3.63) is 70.8 Å². The highest BCUT2D eigenvalue weighted by Gasteiger charge is 2.23. The van der Waals surface area contributed by atoms with Gasteiger partial charge in [-0.3, -0.25) is 4.90 Å². The molecule has 0 bridgehead atoms. The summed E-state index contributed by atoms with van der Waals surface area (Å²) in [5.74, 6) is 0. The minimum Gasteiger partial charge on any atom is -0.314 e. The molecule has 1 N–H and O–H groups in total. The number of hydrogen-bond acceptors (Lipinski definition) is 2. The maximum atomic E-state index is 3.45. The van der Waals surface area contributed by atoms with E-state index in [0.29, 0.717) is 6.04 Å². The number of hydrogen-bond donors (Lipinski definition) is 1. The number of piperazine rings is 1. The zero-order valence-corrected chi connectivity index (χ0v) is 13.0. The van der Waals surface area contributed by atoms with E-state index < -0.39 is 0 Å². The van der Waals surface area contributed by atoms with Gasteiger partial charge in [-0.25, -0.2) is 0 Å². The standard InChI is InChI=1S/C19H24N2/c1-15-3-7-17(8-4-15)19(21-13-11-20-12-14-21)18-9-5-16(2)6-10-18/h3-10,19-20H,11-14H2,1-2H3. The number of nitrogens with zero attached hydrogens (tertiary/aromatic N) is 1. The van der Waals surface area contributed by atoms with E-state index in [9.17, 15) is 0 Å². The Morgan fingerprint density at radius 3 is 1.62 bits per heavy atom. The van der Waals surface area contributed by atoms with Crippen LogP contribution in [0.15, 0.2) is 48.5 Å². The molecule has 0 spiro atoms. The first kappa shape index (κ1) is 14.3. The zero-order valence-electron chi connectivity index (χ0n) is 13.0. The van der Waals surface area contributed by atoms with E-state index in [1.54, 1.807) is 0 Å². The maximum absolute atomic E-state index is 3.45. The molecule has 1 fully saturated rings. The molecule has 0 unspecified atom stereocenters. The predicted molar refractivity (Wildman–Crippen MR) is 88.6 cm³/mol. The van der Waals surface area contributed by atoms with Crippen molar-refractivity contribution < 1.29 is 0 Å². The van der Waals surface area contributed by atoms with E-state index in [2.05, 4.69) is 72.6 Å². The molecule has 1 aliphatic rings. The van der Waals surface area contributed by atoms with E-state index >= 15 is 0 Å².